The van der Waals surface area contributed by atoms with Gasteiger partial charge >= 0.3 is 0 Å². The molecular formula is C38H36N2. The summed E-state index contributed by atoms with van der Waals surface area (Å²) in [7, 11) is 0. The Kier molecular flexibility index (Phi) is 5.64. The smallest absolute Gasteiger partial charge is 0.0494 e. The maximum Gasteiger partial charge on any atom is 0.0494 e. The summed E-state index contributed by atoms with van der Waals surface area (Å²) in [4.78, 5) is 0. The molecule has 0 radical (unpaired) electrons. The largest absolute Gasteiger partial charge is 0.338 e. The maximum absolute atomic E-state index is 2.46. The zero-order valence-electron chi connectivity index (χ0n) is 24.3. The van der Waals surface area contributed by atoms with Crippen molar-refractivity contribution in [2.75, 3.05) is 0 Å². The van der Waals surface area contributed by atoms with Crippen LogP contribution in [0.4, 0.5) is 0 Å². The second kappa shape index (κ2) is 9.13. The van der Waals surface area contributed by atoms with E-state index in [9.17, 15) is 0 Å². The Balaban J connectivity index is 1.37. The molecule has 0 fully saturated rings. The Labute approximate surface area is 236 Å². The van der Waals surface area contributed by atoms with Crippen LogP contribution >= 0.6 is 0 Å². The van der Waals surface area contributed by atoms with E-state index in [1.54, 1.807) is 0 Å². The maximum atomic E-state index is 2.46. The van der Waals surface area contributed by atoms with Gasteiger partial charge in [0.1, 0.15) is 0 Å². The van der Waals surface area contributed by atoms with Gasteiger partial charge < -0.3 is 9.13 Å². The molecule has 0 aliphatic heterocycles. The first-order chi connectivity index (χ1) is 19.3. The molecule has 2 aromatic heterocycles. The van der Waals surface area contributed by atoms with Crippen LogP contribution in [0.1, 0.15) is 50.9 Å². The quantitative estimate of drug-likeness (QED) is 0.218. The van der Waals surface area contributed by atoms with Gasteiger partial charge in [0.05, 0.1) is 0 Å². The van der Waals surface area contributed by atoms with Gasteiger partial charge in [-0.15, -0.1) is 0 Å². The second-order valence-electron chi connectivity index (χ2n) is 11.9. The lowest BCUT2D eigenvalue weighted by atomic mass is 9.91. The fraction of sp³-hybridized carbons (Fsp3) is 0.211. The highest BCUT2D eigenvalue weighted by Crippen LogP contribution is 2.39. The molecule has 7 aromatic rings. The first kappa shape index (κ1) is 24.7. The van der Waals surface area contributed by atoms with Crippen molar-refractivity contribution in [3.05, 3.63) is 108 Å². The molecule has 2 heterocycles. The predicted octanol–water partition coefficient (Wildman–Crippen LogP) is 11.0. The van der Waals surface area contributed by atoms with Gasteiger partial charge in [-0.05, 0) is 111 Å². The van der Waals surface area contributed by atoms with E-state index >= 15 is 0 Å². The second-order valence-corrected chi connectivity index (χ2v) is 11.9. The van der Waals surface area contributed by atoms with Crippen LogP contribution in [0, 0.1) is 13.8 Å². The first-order valence-electron chi connectivity index (χ1n) is 14.5. The lowest BCUT2D eigenvalue weighted by molar-refractivity contribution is 0.642. The summed E-state index contributed by atoms with van der Waals surface area (Å²) in [5, 5.41) is 5.31. The summed E-state index contributed by atoms with van der Waals surface area (Å²) in [5.74, 6) is 0. The van der Waals surface area contributed by atoms with Crippen molar-refractivity contribution in [3.63, 3.8) is 0 Å². The summed E-state index contributed by atoms with van der Waals surface area (Å²) in [6, 6.07) is 37.2. The molecule has 0 spiro atoms. The van der Waals surface area contributed by atoms with Gasteiger partial charge in [0.15, 0.2) is 0 Å². The van der Waals surface area contributed by atoms with E-state index in [1.807, 2.05) is 0 Å². The summed E-state index contributed by atoms with van der Waals surface area (Å²) >= 11 is 0. The average Bonchev–Trinajstić information content (AvgIpc) is 3.46. The number of aromatic nitrogens is 2. The van der Waals surface area contributed by atoms with E-state index in [-0.39, 0.29) is 0 Å². The highest BCUT2D eigenvalue weighted by Gasteiger charge is 2.17. The van der Waals surface area contributed by atoms with Crippen molar-refractivity contribution in [2.24, 2.45) is 0 Å². The Morgan fingerprint density at radius 2 is 0.800 bits per heavy atom. The summed E-state index contributed by atoms with van der Waals surface area (Å²) < 4.78 is 4.92. The molecule has 5 aromatic carbocycles. The van der Waals surface area contributed by atoms with E-state index in [0.717, 1.165) is 0 Å². The van der Waals surface area contributed by atoms with Gasteiger partial charge in [-0.25, -0.2) is 0 Å². The van der Waals surface area contributed by atoms with E-state index in [0.29, 0.717) is 12.1 Å². The molecule has 40 heavy (non-hydrogen) atoms. The van der Waals surface area contributed by atoms with E-state index in [1.165, 1.54) is 77.0 Å². The SMILES string of the molecule is Cc1cc(-c2ccc3c(c2)c2ccccc2n3C(C)C)c(C)cc1-c1ccc2c(c1)c1ccccc1n2C(C)C. The summed E-state index contributed by atoms with van der Waals surface area (Å²) in [6.07, 6.45) is 0. The lowest BCUT2D eigenvalue weighted by Crippen LogP contribution is -1.99. The normalized spacial score (nSPS) is 12.2. The molecule has 0 saturated heterocycles. The van der Waals surface area contributed by atoms with Crippen molar-refractivity contribution in [1.29, 1.82) is 0 Å². The Morgan fingerprint density at radius 3 is 1.20 bits per heavy atom. The number of aryl methyl sites for hydroxylation is 2. The molecule has 0 saturated carbocycles. The van der Waals surface area contributed by atoms with Crippen LogP contribution < -0.4 is 0 Å². The van der Waals surface area contributed by atoms with Gasteiger partial charge in [0.25, 0.3) is 0 Å². The first-order valence-corrected chi connectivity index (χ1v) is 14.5. The molecule has 7 rings (SSSR count). The van der Waals surface area contributed by atoms with Crippen molar-refractivity contribution < 1.29 is 0 Å². The zero-order valence-corrected chi connectivity index (χ0v) is 24.3. The van der Waals surface area contributed by atoms with Crippen LogP contribution in [0.15, 0.2) is 97.1 Å². The van der Waals surface area contributed by atoms with Crippen LogP contribution in [-0.4, -0.2) is 9.13 Å². The molecule has 0 aliphatic carbocycles. The van der Waals surface area contributed by atoms with Gasteiger partial charge in [0, 0.05) is 55.7 Å². The van der Waals surface area contributed by atoms with Crippen LogP contribution in [0.2, 0.25) is 0 Å². The molecule has 0 atom stereocenters. The number of nitrogens with zero attached hydrogens (tertiary/aromatic N) is 2. The summed E-state index contributed by atoms with van der Waals surface area (Å²) in [6.45, 7) is 13.6. The molecule has 0 bridgehead atoms. The third-order valence-electron chi connectivity index (χ3n) is 8.65. The van der Waals surface area contributed by atoms with Gasteiger partial charge in [-0.3, -0.25) is 0 Å². The number of fused-ring (bicyclic) bond motifs is 6. The standard InChI is InChI=1S/C38H36N2/c1-23(2)39-35-13-9-7-11-29(35)33-21-27(15-17-37(33)39)31-19-26(6)32(20-25(31)5)28-16-18-38-34(22-28)30-12-8-10-14-36(30)40(38)24(3)4/h7-24H,1-6H3. The molecule has 0 N–H and O–H groups in total. The lowest BCUT2D eigenvalue weighted by Gasteiger charge is -2.15. The van der Waals surface area contributed by atoms with Crippen molar-refractivity contribution >= 4 is 43.6 Å². The molecule has 0 aliphatic rings. The molecule has 0 amide bonds. The highest BCUT2D eigenvalue weighted by molar-refractivity contribution is 6.10. The Hall–Kier alpha value is -4.30. The minimum atomic E-state index is 0.406. The average molecular weight is 521 g/mol. The highest BCUT2D eigenvalue weighted by atomic mass is 15.0. The number of para-hydroxylation sites is 2. The van der Waals surface area contributed by atoms with E-state index < -0.39 is 0 Å². The zero-order chi connectivity index (χ0) is 27.7. The van der Waals surface area contributed by atoms with Gasteiger partial charge in [-0.2, -0.15) is 0 Å². The number of hydrogen-bond acceptors (Lipinski definition) is 0. The van der Waals surface area contributed by atoms with Gasteiger partial charge in [0.2, 0.25) is 0 Å². The molecule has 2 heteroatoms. The molecule has 198 valence electrons. The number of hydrogen-bond donors (Lipinski definition) is 0. The minimum absolute atomic E-state index is 0.406. The van der Waals surface area contributed by atoms with Crippen molar-refractivity contribution in [3.8, 4) is 22.3 Å². The van der Waals surface area contributed by atoms with Crippen LogP contribution in [0.5, 0.6) is 0 Å². The van der Waals surface area contributed by atoms with Crippen molar-refractivity contribution in [2.45, 2.75) is 53.6 Å². The Bertz CT molecular complexity index is 1930. The fourth-order valence-electron chi connectivity index (χ4n) is 6.89. The predicted molar refractivity (Wildman–Crippen MR) is 174 cm³/mol. The Morgan fingerprint density at radius 1 is 0.425 bits per heavy atom. The van der Waals surface area contributed by atoms with Crippen LogP contribution in [-0.2, 0) is 0 Å². The van der Waals surface area contributed by atoms with Gasteiger partial charge in [-0.1, -0.05) is 60.7 Å². The van der Waals surface area contributed by atoms with E-state index in [4.69, 9.17) is 0 Å². The summed E-state index contributed by atoms with van der Waals surface area (Å²) in [5.41, 5.74) is 13.0. The number of benzene rings is 5. The third-order valence-corrected chi connectivity index (χ3v) is 8.65. The monoisotopic (exact) mass is 520 g/mol. The molecule has 0 unspecified atom stereocenters. The minimum Gasteiger partial charge on any atom is -0.338 e. The third kappa shape index (κ3) is 3.63. The molecular weight excluding hydrogens is 484 g/mol. The van der Waals surface area contributed by atoms with Crippen molar-refractivity contribution in [1.82, 2.24) is 9.13 Å². The molecule has 2 nitrogen and oxygen atoms in total. The topological polar surface area (TPSA) is 9.86 Å². The number of rotatable bonds is 4. The van der Waals surface area contributed by atoms with E-state index in [2.05, 4.69) is 148 Å². The van der Waals surface area contributed by atoms with Crippen LogP contribution in [0.25, 0.3) is 65.9 Å². The van der Waals surface area contributed by atoms with Crippen LogP contribution in [0.3, 0.4) is 0 Å². The fourth-order valence-corrected chi connectivity index (χ4v) is 6.89.